The summed E-state index contributed by atoms with van der Waals surface area (Å²) in [4.78, 5) is 38.6. The van der Waals surface area contributed by atoms with Crippen molar-refractivity contribution < 1.29 is 71.8 Å². The molecule has 7 aromatic heterocycles. The standard InChI is InChI=1S/C22H24ClN3O4.C22H26N4O4.C17H21ClN2O3.C10H8ClNO2.C7H14ClNO.C5H4ClNO.CH4/c2*1-27-20-13-17-18(14-21(20)29-10-2-7-26-8-11-28-12-9-26)24-6-5-19(17)30-16-3-4-22(23)25-15-16;1-21-16-11-13-14(18)3-4-19-15(13)12-17(16)23-8-2-5-20-6-9-22-10-7-20;1-14-10-4-6-7(11)2-3-12-8(6)5-9(10)13;8-2-1-3-9-4-6-10-7-5-9;6-5-2-1-4(8)3-7-5;/h3-6,13-15H,2,7-12H2,1H3;3-6,13-15H,2,7-12H2,1H3,(H2,23,25);3-4,11-12H,2,5-10H2,1H3;2-5,13H,1H3;1-7H2;1-3,8H;1H4. The highest BCUT2D eigenvalue weighted by atomic mass is 35.5. The molecule has 622 valence electrons. The van der Waals surface area contributed by atoms with Crippen molar-refractivity contribution in [2.75, 3.05) is 191 Å². The Labute approximate surface area is 701 Å². The number of nitrogens with two attached hydrogens (primary N) is 1. The summed E-state index contributed by atoms with van der Waals surface area (Å²) >= 11 is 29.0. The molecule has 4 aromatic carbocycles. The van der Waals surface area contributed by atoms with Crippen LogP contribution in [0.25, 0.3) is 43.6 Å². The van der Waals surface area contributed by atoms with Gasteiger partial charge < -0.3 is 77.5 Å². The van der Waals surface area contributed by atoms with E-state index in [1.165, 1.54) is 31.5 Å². The average molecular weight is 1700 g/mol. The van der Waals surface area contributed by atoms with Crippen LogP contribution in [0.3, 0.4) is 0 Å². The van der Waals surface area contributed by atoms with Crippen molar-refractivity contribution >= 4 is 107 Å². The Morgan fingerprint density at radius 3 is 1.07 bits per heavy atom. The highest BCUT2D eigenvalue weighted by molar-refractivity contribution is 6.36. The van der Waals surface area contributed by atoms with Crippen molar-refractivity contribution in [1.82, 2.24) is 54.5 Å². The minimum absolute atomic E-state index is 0. The number of phenols is 1. The molecule has 0 atom stereocenters. The van der Waals surface area contributed by atoms with Gasteiger partial charge in [0.1, 0.15) is 44.9 Å². The van der Waals surface area contributed by atoms with Gasteiger partial charge in [0.05, 0.1) is 152 Å². The van der Waals surface area contributed by atoms with E-state index in [0.29, 0.717) is 115 Å². The number of nitrogens with zero attached hydrogens (tertiary/aromatic N) is 11. The number of morpholine rings is 4. The van der Waals surface area contributed by atoms with Gasteiger partial charge in [-0.2, -0.15) is 0 Å². The van der Waals surface area contributed by atoms with E-state index in [2.05, 4.69) is 54.5 Å². The normalized spacial score (nSPS) is 14.4. The third-order valence-electron chi connectivity index (χ3n) is 18.2. The number of fused-ring (bicyclic) bond motifs is 4. The first kappa shape index (κ1) is 90.6. The SMILES string of the molecule is C.COc1cc2c(Cl)ccnc2cc1O.COc1cc2c(Cl)ccnc2cc1OCCCN1CCOCC1.COc1cc2c(Oc3ccc(Cl)nc3)ccnc2cc1OCCCN1CCOCC1.COc1cc2c(Oc3ccc(N)nc3)ccnc2cc1OCCCN1CCOCC1.ClCCCN1CCOCC1.Oc1ccc(Cl)nc1. The molecule has 0 amide bonds. The number of nitrogen functional groups attached to an aromatic ring is 1. The Kier molecular flexibility index (Phi) is 38.3. The molecule has 27 nitrogen and oxygen atoms in total. The molecule has 15 rings (SSSR count). The van der Waals surface area contributed by atoms with Crippen LogP contribution in [0.2, 0.25) is 20.4 Å². The lowest BCUT2D eigenvalue weighted by atomic mass is 10.2. The monoisotopic (exact) mass is 1690 g/mol. The number of phenolic OH excluding ortho intramolecular Hbond substituents is 1. The number of hydrogen-bond acceptors (Lipinski definition) is 27. The fourth-order valence-electron chi connectivity index (χ4n) is 12.2. The van der Waals surface area contributed by atoms with Crippen LogP contribution >= 0.6 is 58.0 Å². The Balaban J connectivity index is 0.000000168. The number of rotatable bonds is 26. The fraction of sp³-hybridized carbons (Fsp3) is 0.393. The molecule has 0 unspecified atom stereocenters. The first-order valence-electron chi connectivity index (χ1n) is 37.7. The summed E-state index contributed by atoms with van der Waals surface area (Å²) in [5.41, 5.74) is 8.62. The van der Waals surface area contributed by atoms with Gasteiger partial charge in [-0.3, -0.25) is 39.5 Å². The van der Waals surface area contributed by atoms with Gasteiger partial charge in [-0.1, -0.05) is 53.8 Å². The Hall–Kier alpha value is -9.30. The first-order chi connectivity index (χ1) is 56.2. The lowest BCUT2D eigenvalue weighted by Gasteiger charge is -2.26. The number of aromatic hydroxyl groups is 2. The summed E-state index contributed by atoms with van der Waals surface area (Å²) < 4.78 is 72.7. The second-order valence-electron chi connectivity index (χ2n) is 26.0. The highest BCUT2D eigenvalue weighted by Gasteiger charge is 2.19. The van der Waals surface area contributed by atoms with E-state index >= 15 is 0 Å². The Morgan fingerprint density at radius 1 is 0.371 bits per heavy atom. The zero-order chi connectivity index (χ0) is 80.9. The van der Waals surface area contributed by atoms with E-state index in [0.717, 1.165) is 201 Å². The lowest BCUT2D eigenvalue weighted by Crippen LogP contribution is -2.37. The van der Waals surface area contributed by atoms with Crippen LogP contribution in [0.1, 0.15) is 33.1 Å². The van der Waals surface area contributed by atoms with Crippen molar-refractivity contribution in [1.29, 1.82) is 0 Å². The number of halogens is 5. The molecule has 4 fully saturated rings. The number of hydrogen-bond donors (Lipinski definition) is 3. The third-order valence-corrected chi connectivity index (χ3v) is 19.6. The van der Waals surface area contributed by atoms with Gasteiger partial charge in [0, 0.05) is 148 Å². The van der Waals surface area contributed by atoms with Gasteiger partial charge in [0.2, 0.25) is 0 Å². The van der Waals surface area contributed by atoms with Gasteiger partial charge in [-0.15, -0.1) is 11.6 Å². The maximum Gasteiger partial charge on any atom is 0.163 e. The third kappa shape index (κ3) is 28.8. The van der Waals surface area contributed by atoms with Crippen molar-refractivity contribution in [2.24, 2.45) is 0 Å². The number of anilines is 1. The number of methoxy groups -OCH3 is 4. The number of benzene rings is 4. The van der Waals surface area contributed by atoms with Crippen molar-refractivity contribution in [3.8, 4) is 74.7 Å². The minimum Gasteiger partial charge on any atom is -0.506 e. The molecule has 0 aliphatic carbocycles. The first-order valence-corrected chi connectivity index (χ1v) is 39.7. The number of pyridine rings is 7. The topological polar surface area (TPSA) is 290 Å². The lowest BCUT2D eigenvalue weighted by molar-refractivity contribution is 0.0357. The fourth-order valence-corrected chi connectivity index (χ4v) is 12.9. The smallest absolute Gasteiger partial charge is 0.163 e. The van der Waals surface area contributed by atoms with Gasteiger partial charge >= 0.3 is 0 Å². The second kappa shape index (κ2) is 49.0. The number of alkyl halides is 1. The van der Waals surface area contributed by atoms with Crippen molar-refractivity contribution in [3.63, 3.8) is 0 Å². The maximum atomic E-state index is 9.49. The van der Waals surface area contributed by atoms with Crippen LogP contribution in [0.5, 0.6) is 74.7 Å². The average Bonchev–Trinajstić information content (AvgIpc) is 0.813. The summed E-state index contributed by atoms with van der Waals surface area (Å²) in [6, 6.07) is 31.5. The maximum absolute atomic E-state index is 9.49. The van der Waals surface area contributed by atoms with E-state index < -0.39 is 0 Å². The zero-order valence-corrected chi connectivity index (χ0v) is 68.6. The van der Waals surface area contributed by atoms with E-state index in [4.69, 9.17) is 130 Å². The summed E-state index contributed by atoms with van der Waals surface area (Å²) in [5.74, 6) is 8.32. The molecule has 116 heavy (non-hydrogen) atoms. The van der Waals surface area contributed by atoms with E-state index in [-0.39, 0.29) is 18.9 Å². The molecule has 32 heteroatoms. The molecule has 4 N–H and O–H groups in total. The zero-order valence-electron chi connectivity index (χ0n) is 64.8. The van der Waals surface area contributed by atoms with E-state index in [9.17, 15) is 5.11 Å². The summed E-state index contributed by atoms with van der Waals surface area (Å²) in [5, 5.41) is 23.5. The summed E-state index contributed by atoms with van der Waals surface area (Å²) in [7, 11) is 6.38. The van der Waals surface area contributed by atoms with E-state index in [1.807, 2.05) is 36.4 Å². The highest BCUT2D eigenvalue weighted by Crippen LogP contribution is 2.40. The predicted octanol–water partition coefficient (Wildman–Crippen LogP) is 15.9. The Morgan fingerprint density at radius 2 is 0.716 bits per heavy atom. The Bertz CT molecular complexity index is 4570. The molecule has 11 heterocycles. The predicted molar refractivity (Wildman–Crippen MR) is 455 cm³/mol. The molecule has 0 bridgehead atoms. The van der Waals surface area contributed by atoms with Crippen LogP contribution in [-0.2, 0) is 18.9 Å². The van der Waals surface area contributed by atoms with Crippen LogP contribution < -0.4 is 48.4 Å². The van der Waals surface area contributed by atoms with Crippen LogP contribution in [-0.4, -0.2) is 250 Å². The van der Waals surface area contributed by atoms with Crippen LogP contribution in [0, 0.1) is 0 Å². The molecule has 4 aliphatic heterocycles. The number of ether oxygens (including phenoxy) is 13. The largest absolute Gasteiger partial charge is 0.506 e. The van der Waals surface area contributed by atoms with Gasteiger partial charge in [0.25, 0.3) is 0 Å². The molecule has 0 saturated carbocycles. The van der Waals surface area contributed by atoms with Gasteiger partial charge in [-0.05, 0) is 117 Å². The van der Waals surface area contributed by atoms with Crippen molar-refractivity contribution in [2.45, 2.75) is 33.1 Å². The number of aromatic nitrogens is 7. The van der Waals surface area contributed by atoms with Crippen molar-refractivity contribution in [3.05, 3.63) is 173 Å². The minimum atomic E-state index is 0. The summed E-state index contributed by atoms with van der Waals surface area (Å²) in [6.45, 7) is 20.7. The molecule has 4 aliphatic rings. The van der Waals surface area contributed by atoms with Crippen LogP contribution in [0.15, 0.2) is 153 Å². The molecular formula is C84H101Cl5N12O15. The summed E-state index contributed by atoms with van der Waals surface area (Å²) in [6.07, 6.45) is 15.1. The molecular weight excluding hydrogens is 1590 g/mol. The second-order valence-corrected chi connectivity index (χ2v) is 28.0. The quantitative estimate of drug-likeness (QED) is 0.0258. The molecule has 4 saturated heterocycles. The molecule has 11 aromatic rings. The molecule has 0 radical (unpaired) electrons. The van der Waals surface area contributed by atoms with Gasteiger partial charge in [-0.25, -0.2) is 15.0 Å². The van der Waals surface area contributed by atoms with E-state index in [1.54, 1.807) is 113 Å². The van der Waals surface area contributed by atoms with Gasteiger partial charge in [0.15, 0.2) is 46.0 Å². The molecule has 0 spiro atoms. The van der Waals surface area contributed by atoms with Crippen LogP contribution in [0.4, 0.5) is 5.82 Å².